The number of ketones is 1. The molecule has 0 aromatic rings. The summed E-state index contributed by atoms with van der Waals surface area (Å²) in [6.07, 6.45) is 0.366. The van der Waals surface area contributed by atoms with Crippen molar-refractivity contribution in [2.24, 2.45) is 11.8 Å². The maximum Gasteiger partial charge on any atom is 0.161 e. The first-order valence-corrected chi connectivity index (χ1v) is 6.71. The summed E-state index contributed by atoms with van der Waals surface area (Å²) in [6, 6.07) is 0. The number of unbranched alkanes of at least 4 members (excludes halogenated alkanes) is 2. The van der Waals surface area contributed by atoms with Gasteiger partial charge in [-0.05, 0) is 12.8 Å². The second-order valence-electron chi connectivity index (χ2n) is 4.73. The summed E-state index contributed by atoms with van der Waals surface area (Å²) in [7, 11) is 0. The van der Waals surface area contributed by atoms with Gasteiger partial charge in [0.15, 0.2) is 12.6 Å². The van der Waals surface area contributed by atoms with Crippen molar-refractivity contribution in [2.75, 3.05) is 0 Å². The lowest BCUT2D eigenvalue weighted by Crippen LogP contribution is -2.38. The molecule has 0 saturated heterocycles. The lowest BCUT2D eigenvalue weighted by molar-refractivity contribution is -0.159. The van der Waals surface area contributed by atoms with E-state index < -0.39 is 30.2 Å². The van der Waals surface area contributed by atoms with Crippen LogP contribution in [-0.2, 0) is 4.79 Å². The van der Waals surface area contributed by atoms with Gasteiger partial charge in [-0.1, -0.05) is 39.5 Å². The molecule has 0 aromatic carbocycles. The summed E-state index contributed by atoms with van der Waals surface area (Å²) < 4.78 is 0. The molecule has 2 atom stereocenters. The van der Waals surface area contributed by atoms with E-state index in [-0.39, 0.29) is 0 Å². The van der Waals surface area contributed by atoms with E-state index in [1.54, 1.807) is 0 Å². The topological polar surface area (TPSA) is 98.0 Å². The van der Waals surface area contributed by atoms with Crippen molar-refractivity contribution in [3.63, 3.8) is 0 Å². The van der Waals surface area contributed by atoms with Crippen molar-refractivity contribution in [1.82, 2.24) is 0 Å². The van der Waals surface area contributed by atoms with Crippen LogP contribution in [0.3, 0.4) is 0 Å². The third-order valence-corrected chi connectivity index (χ3v) is 3.19. The number of rotatable bonds is 10. The number of aliphatic hydroxyl groups is 4. The molecular weight excluding hydrogens is 236 g/mol. The van der Waals surface area contributed by atoms with Gasteiger partial charge in [-0.15, -0.1) is 0 Å². The average Bonchev–Trinajstić information content (AvgIpc) is 2.29. The van der Waals surface area contributed by atoms with Gasteiger partial charge in [0, 0.05) is 0 Å². The Morgan fingerprint density at radius 1 is 0.833 bits per heavy atom. The molecule has 0 saturated carbocycles. The molecule has 0 aliphatic heterocycles. The van der Waals surface area contributed by atoms with Crippen molar-refractivity contribution in [2.45, 2.75) is 65.0 Å². The van der Waals surface area contributed by atoms with Crippen molar-refractivity contribution in [3.05, 3.63) is 0 Å². The Bertz CT molecular complexity index is 205. The van der Waals surface area contributed by atoms with Crippen LogP contribution >= 0.6 is 0 Å². The molecule has 4 N–H and O–H groups in total. The zero-order chi connectivity index (χ0) is 14.1. The fourth-order valence-corrected chi connectivity index (χ4v) is 2.00. The summed E-state index contributed by atoms with van der Waals surface area (Å²) in [5, 5.41) is 36.9. The third-order valence-electron chi connectivity index (χ3n) is 3.19. The van der Waals surface area contributed by atoms with Crippen LogP contribution in [0.4, 0.5) is 0 Å². The average molecular weight is 262 g/mol. The quantitative estimate of drug-likeness (QED) is 0.436. The molecular formula is C13H26O5. The Balaban J connectivity index is 4.66. The largest absolute Gasteiger partial charge is 0.368 e. The van der Waals surface area contributed by atoms with E-state index in [0.717, 1.165) is 12.8 Å². The molecule has 0 bridgehead atoms. The monoisotopic (exact) mass is 262 g/mol. The number of carbonyl (C=O) groups is 1. The molecule has 2 unspecified atom stereocenters. The molecule has 108 valence electrons. The third kappa shape index (κ3) is 5.91. The lowest BCUT2D eigenvalue weighted by Gasteiger charge is -2.24. The number of carbonyl (C=O) groups excluding carboxylic acids is 1. The Morgan fingerprint density at radius 2 is 1.17 bits per heavy atom. The molecule has 0 aliphatic rings. The maximum atomic E-state index is 12.1. The van der Waals surface area contributed by atoms with E-state index >= 15 is 0 Å². The van der Waals surface area contributed by atoms with Gasteiger partial charge in [0.1, 0.15) is 5.78 Å². The number of aliphatic hydroxyl groups excluding tert-OH is 2. The van der Waals surface area contributed by atoms with Gasteiger partial charge in [0.25, 0.3) is 0 Å². The van der Waals surface area contributed by atoms with E-state index in [0.29, 0.717) is 25.7 Å². The first-order chi connectivity index (χ1) is 8.45. The van der Waals surface area contributed by atoms with Gasteiger partial charge < -0.3 is 20.4 Å². The zero-order valence-corrected chi connectivity index (χ0v) is 11.2. The first kappa shape index (κ1) is 17.5. The second-order valence-corrected chi connectivity index (χ2v) is 4.73. The Morgan fingerprint density at radius 3 is 1.39 bits per heavy atom. The van der Waals surface area contributed by atoms with Crippen molar-refractivity contribution >= 4 is 5.78 Å². The minimum atomic E-state index is -1.73. The van der Waals surface area contributed by atoms with E-state index in [9.17, 15) is 25.2 Å². The number of hydrogen-bond acceptors (Lipinski definition) is 5. The van der Waals surface area contributed by atoms with Crippen LogP contribution in [0.1, 0.15) is 52.4 Å². The predicted molar refractivity (Wildman–Crippen MR) is 67.5 cm³/mol. The van der Waals surface area contributed by atoms with Gasteiger partial charge in [-0.25, -0.2) is 0 Å². The highest BCUT2D eigenvalue weighted by molar-refractivity contribution is 5.84. The van der Waals surface area contributed by atoms with Gasteiger partial charge in [0.2, 0.25) is 0 Å². The van der Waals surface area contributed by atoms with E-state index in [4.69, 9.17) is 0 Å². The van der Waals surface area contributed by atoms with E-state index in [2.05, 4.69) is 0 Å². The fraction of sp³-hybridized carbons (Fsp3) is 0.923. The molecule has 5 nitrogen and oxygen atoms in total. The number of Topliss-reactive ketones (excluding diaryl/α,β-unsaturated/α-hetero) is 1. The van der Waals surface area contributed by atoms with E-state index in [1.807, 2.05) is 13.8 Å². The van der Waals surface area contributed by atoms with Crippen LogP contribution < -0.4 is 0 Å². The first-order valence-electron chi connectivity index (χ1n) is 6.71. The molecule has 5 heteroatoms. The van der Waals surface area contributed by atoms with Crippen LogP contribution in [0.25, 0.3) is 0 Å². The van der Waals surface area contributed by atoms with Crippen LogP contribution in [0.15, 0.2) is 0 Å². The highest BCUT2D eigenvalue weighted by Crippen LogP contribution is 2.23. The van der Waals surface area contributed by atoms with Gasteiger partial charge in [-0.3, -0.25) is 4.79 Å². The molecule has 0 heterocycles. The molecule has 0 rings (SSSR count). The summed E-state index contributed by atoms with van der Waals surface area (Å²) in [5.41, 5.74) is 0. The van der Waals surface area contributed by atoms with Crippen molar-refractivity contribution in [1.29, 1.82) is 0 Å². The molecule has 0 aromatic heterocycles. The Hall–Kier alpha value is -0.490. The molecule has 0 amide bonds. The normalized spacial score (nSPS) is 15.1. The second kappa shape index (κ2) is 9.44. The number of hydrogen-bond donors (Lipinski definition) is 4. The SMILES string of the molecule is CCCCC(C(=O)C(CCCC)C(O)O)C(O)O. The smallest absolute Gasteiger partial charge is 0.161 e. The standard InChI is InChI=1S/C13H26O5/c1-3-5-7-9(12(15)16)11(14)10(13(17)18)8-6-4-2/h9-10,12-13,15-18H,3-8H2,1-2H3. The molecule has 0 aliphatic carbocycles. The van der Waals surface area contributed by atoms with E-state index in [1.165, 1.54) is 0 Å². The minimum Gasteiger partial charge on any atom is -0.368 e. The molecule has 18 heavy (non-hydrogen) atoms. The summed E-state index contributed by atoms with van der Waals surface area (Å²) in [6.45, 7) is 3.89. The molecule has 0 fully saturated rings. The highest BCUT2D eigenvalue weighted by Gasteiger charge is 2.33. The van der Waals surface area contributed by atoms with Crippen LogP contribution in [0.5, 0.6) is 0 Å². The van der Waals surface area contributed by atoms with Gasteiger partial charge in [0.05, 0.1) is 11.8 Å². The fourth-order valence-electron chi connectivity index (χ4n) is 2.00. The Labute approximate surface area is 108 Å². The van der Waals surface area contributed by atoms with Gasteiger partial charge >= 0.3 is 0 Å². The zero-order valence-electron chi connectivity index (χ0n) is 11.2. The Kier molecular flexibility index (Phi) is 9.18. The molecule has 0 radical (unpaired) electrons. The van der Waals surface area contributed by atoms with Crippen LogP contribution in [-0.4, -0.2) is 38.8 Å². The predicted octanol–water partition coefficient (Wildman–Crippen LogP) is 0.790. The maximum absolute atomic E-state index is 12.1. The molecule has 0 spiro atoms. The van der Waals surface area contributed by atoms with Gasteiger partial charge in [-0.2, -0.15) is 0 Å². The summed E-state index contributed by atoms with van der Waals surface area (Å²) in [4.78, 5) is 12.1. The summed E-state index contributed by atoms with van der Waals surface area (Å²) >= 11 is 0. The lowest BCUT2D eigenvalue weighted by atomic mass is 9.85. The highest BCUT2D eigenvalue weighted by atomic mass is 16.5. The summed E-state index contributed by atoms with van der Waals surface area (Å²) in [5.74, 6) is -2.30. The van der Waals surface area contributed by atoms with Crippen molar-refractivity contribution in [3.8, 4) is 0 Å². The van der Waals surface area contributed by atoms with Crippen molar-refractivity contribution < 1.29 is 25.2 Å². The minimum absolute atomic E-state index is 0.363. The van der Waals surface area contributed by atoms with Crippen LogP contribution in [0, 0.1) is 11.8 Å². The van der Waals surface area contributed by atoms with Crippen LogP contribution in [0.2, 0.25) is 0 Å².